The number of halogens is 2. The molecule has 1 aromatic carbocycles. The lowest BCUT2D eigenvalue weighted by atomic mass is 9.87. The molecular formula is C18H27BrClNO3. The third kappa shape index (κ3) is 5.85. The molecule has 24 heavy (non-hydrogen) atoms. The van der Waals surface area contributed by atoms with Crippen LogP contribution in [0.4, 0.5) is 4.79 Å². The molecule has 0 spiro atoms. The molecule has 0 bridgehead atoms. The lowest BCUT2D eigenvalue weighted by Gasteiger charge is -2.46. The van der Waals surface area contributed by atoms with Gasteiger partial charge in [-0.3, -0.25) is 4.90 Å². The Morgan fingerprint density at radius 2 is 1.92 bits per heavy atom. The predicted octanol–water partition coefficient (Wildman–Crippen LogP) is 6.06. The normalized spacial score (nSPS) is 13.5. The van der Waals surface area contributed by atoms with E-state index < -0.39 is 17.2 Å². The quantitative estimate of drug-likeness (QED) is 0.608. The number of hydrogen-bond donors (Lipinski definition) is 1. The summed E-state index contributed by atoms with van der Waals surface area (Å²) in [6, 6.07) is 5.49. The van der Waals surface area contributed by atoms with E-state index in [1.165, 1.54) is 4.90 Å². The minimum absolute atomic E-state index is 0.170. The first-order valence-electron chi connectivity index (χ1n) is 7.95. The van der Waals surface area contributed by atoms with Gasteiger partial charge in [0.15, 0.2) is 0 Å². The van der Waals surface area contributed by atoms with Crippen LogP contribution < -0.4 is 4.74 Å². The van der Waals surface area contributed by atoms with Crippen LogP contribution in [0.3, 0.4) is 0 Å². The van der Waals surface area contributed by atoms with E-state index in [1.54, 1.807) is 6.07 Å². The highest BCUT2D eigenvalue weighted by Crippen LogP contribution is 2.32. The van der Waals surface area contributed by atoms with E-state index in [4.69, 9.17) is 16.3 Å². The van der Waals surface area contributed by atoms with Crippen molar-refractivity contribution in [2.45, 2.75) is 59.0 Å². The van der Waals surface area contributed by atoms with Gasteiger partial charge in [0.05, 0.1) is 11.6 Å². The highest BCUT2D eigenvalue weighted by Gasteiger charge is 2.39. The van der Waals surface area contributed by atoms with Crippen LogP contribution in [0.2, 0.25) is 5.02 Å². The third-order valence-electron chi connectivity index (χ3n) is 3.73. The van der Waals surface area contributed by atoms with Gasteiger partial charge in [0, 0.05) is 15.6 Å². The molecule has 0 radical (unpaired) electrons. The van der Waals surface area contributed by atoms with Gasteiger partial charge < -0.3 is 9.84 Å². The van der Waals surface area contributed by atoms with Gasteiger partial charge in [-0.1, -0.05) is 34.5 Å². The molecule has 1 rings (SSSR count). The molecule has 1 N–H and O–H groups in total. The summed E-state index contributed by atoms with van der Waals surface area (Å²) in [5, 5.41) is 10.2. The number of benzene rings is 1. The first-order chi connectivity index (χ1) is 10.8. The van der Waals surface area contributed by atoms with Gasteiger partial charge in [-0.15, -0.1) is 0 Å². The number of rotatable bonds is 6. The number of carboxylic acid groups (broad SMARTS) is 1. The zero-order valence-corrected chi connectivity index (χ0v) is 17.5. The second-order valence-corrected chi connectivity index (χ2v) is 9.12. The summed E-state index contributed by atoms with van der Waals surface area (Å²) in [6.45, 7) is 12.2. The van der Waals surface area contributed by atoms with Crippen LogP contribution >= 0.6 is 27.5 Å². The summed E-state index contributed by atoms with van der Waals surface area (Å²) in [4.78, 5) is 13.2. The van der Waals surface area contributed by atoms with Crippen LogP contribution in [0.1, 0.15) is 48.0 Å². The van der Waals surface area contributed by atoms with Crippen molar-refractivity contribution in [2.24, 2.45) is 5.92 Å². The topological polar surface area (TPSA) is 49.8 Å². The molecule has 0 aliphatic rings. The summed E-state index contributed by atoms with van der Waals surface area (Å²) in [5.74, 6) is 0.805. The number of ether oxygens (including phenoxy) is 1. The first kappa shape index (κ1) is 21.1. The van der Waals surface area contributed by atoms with Crippen molar-refractivity contribution in [3.05, 3.63) is 27.7 Å². The zero-order chi connectivity index (χ0) is 18.7. The lowest BCUT2D eigenvalue weighted by Crippen LogP contribution is -2.57. The van der Waals surface area contributed by atoms with Crippen molar-refractivity contribution in [1.82, 2.24) is 4.90 Å². The Morgan fingerprint density at radius 3 is 2.38 bits per heavy atom. The third-order valence-corrected chi connectivity index (χ3v) is 4.52. The monoisotopic (exact) mass is 419 g/mol. The van der Waals surface area contributed by atoms with Crippen molar-refractivity contribution in [2.75, 3.05) is 6.61 Å². The van der Waals surface area contributed by atoms with Crippen LogP contribution in [0, 0.1) is 5.92 Å². The molecule has 1 aromatic rings. The molecule has 0 saturated carbocycles. The number of nitrogens with zero attached hydrogens (tertiary/aromatic N) is 1. The van der Waals surface area contributed by atoms with Crippen LogP contribution in [0.25, 0.3) is 0 Å². The minimum Gasteiger partial charge on any atom is -0.492 e. The molecule has 6 heteroatoms. The maximum Gasteiger partial charge on any atom is 0.408 e. The maximum absolute atomic E-state index is 11.7. The van der Waals surface area contributed by atoms with Crippen LogP contribution in [0.15, 0.2) is 22.7 Å². The van der Waals surface area contributed by atoms with Gasteiger partial charge in [0.2, 0.25) is 0 Å². The van der Waals surface area contributed by atoms with Crippen LogP contribution in [0.5, 0.6) is 5.75 Å². The highest BCUT2D eigenvalue weighted by atomic mass is 79.9. The molecule has 4 nitrogen and oxygen atoms in total. The maximum atomic E-state index is 11.7. The molecule has 1 amide bonds. The molecule has 0 aliphatic carbocycles. The Bertz CT molecular complexity index is 584. The van der Waals surface area contributed by atoms with Crippen molar-refractivity contribution in [1.29, 1.82) is 0 Å². The fourth-order valence-electron chi connectivity index (χ4n) is 3.28. The zero-order valence-electron chi connectivity index (χ0n) is 15.2. The Balaban J connectivity index is 2.74. The van der Waals surface area contributed by atoms with Crippen molar-refractivity contribution in [3.63, 3.8) is 0 Å². The van der Waals surface area contributed by atoms with Gasteiger partial charge in [-0.2, -0.15) is 0 Å². The summed E-state index contributed by atoms with van der Waals surface area (Å²) in [7, 11) is 0. The van der Waals surface area contributed by atoms with Gasteiger partial charge >= 0.3 is 6.09 Å². The second kappa shape index (κ2) is 7.96. The standard InChI is InChI=1S/C18H27BrClNO3/c1-12(11-24-15-8-7-13(19)9-14(15)20)10-18(5,6)21(16(22)23)17(2,3)4/h7-9,12H,10-11H2,1-6H3,(H,22,23)/t12-/m0/s1. The Kier molecular flexibility index (Phi) is 7.00. The Morgan fingerprint density at radius 1 is 1.33 bits per heavy atom. The predicted molar refractivity (Wildman–Crippen MR) is 102 cm³/mol. The SMILES string of the molecule is C[C@H](COc1ccc(Br)cc1Cl)CC(C)(C)N(C(=O)O)C(C)(C)C. The average molecular weight is 421 g/mol. The van der Waals surface area contributed by atoms with E-state index in [0.29, 0.717) is 23.8 Å². The van der Waals surface area contributed by atoms with E-state index in [1.807, 2.05) is 46.8 Å². The second-order valence-electron chi connectivity index (χ2n) is 7.80. The molecule has 136 valence electrons. The smallest absolute Gasteiger partial charge is 0.408 e. The highest BCUT2D eigenvalue weighted by molar-refractivity contribution is 9.10. The number of carbonyl (C=O) groups is 1. The van der Waals surface area contributed by atoms with E-state index >= 15 is 0 Å². The Hall–Kier alpha value is -0.940. The first-order valence-corrected chi connectivity index (χ1v) is 9.13. The van der Waals surface area contributed by atoms with Gasteiger partial charge in [0.1, 0.15) is 5.75 Å². The summed E-state index contributed by atoms with van der Waals surface area (Å²) in [6.07, 6.45) is -0.221. The lowest BCUT2D eigenvalue weighted by molar-refractivity contribution is 0.0187. The van der Waals surface area contributed by atoms with Gasteiger partial charge in [-0.05, 0) is 65.2 Å². The van der Waals surface area contributed by atoms with Crippen molar-refractivity contribution in [3.8, 4) is 5.75 Å². The summed E-state index contributed by atoms with van der Waals surface area (Å²) in [5.41, 5.74) is -0.971. The van der Waals surface area contributed by atoms with Crippen molar-refractivity contribution < 1.29 is 14.6 Å². The molecule has 0 unspecified atom stereocenters. The largest absolute Gasteiger partial charge is 0.492 e. The fourth-order valence-corrected chi connectivity index (χ4v) is 4.01. The van der Waals surface area contributed by atoms with Crippen LogP contribution in [-0.2, 0) is 0 Å². The number of hydrogen-bond acceptors (Lipinski definition) is 2. The molecule has 0 aromatic heterocycles. The van der Waals surface area contributed by atoms with Gasteiger partial charge in [-0.25, -0.2) is 4.79 Å². The van der Waals surface area contributed by atoms with E-state index in [-0.39, 0.29) is 5.92 Å². The van der Waals surface area contributed by atoms with Crippen molar-refractivity contribution >= 4 is 33.6 Å². The number of amides is 1. The molecule has 0 heterocycles. The summed E-state index contributed by atoms with van der Waals surface area (Å²) >= 11 is 9.52. The van der Waals surface area contributed by atoms with Gasteiger partial charge in [0.25, 0.3) is 0 Å². The van der Waals surface area contributed by atoms with E-state index in [9.17, 15) is 9.90 Å². The molecule has 0 aliphatic heterocycles. The molecule has 1 atom stereocenters. The van der Waals surface area contributed by atoms with E-state index in [0.717, 1.165) is 4.47 Å². The van der Waals surface area contributed by atoms with E-state index in [2.05, 4.69) is 22.9 Å². The molecule has 0 fully saturated rings. The Labute approximate surface area is 158 Å². The fraction of sp³-hybridized carbons (Fsp3) is 0.611. The molecular weight excluding hydrogens is 394 g/mol. The minimum atomic E-state index is -0.906. The summed E-state index contributed by atoms with van der Waals surface area (Å²) < 4.78 is 6.71. The average Bonchev–Trinajstić information content (AvgIpc) is 2.33. The van der Waals surface area contributed by atoms with Crippen LogP contribution in [-0.4, -0.2) is 33.8 Å². The molecule has 0 saturated heterocycles.